The van der Waals surface area contributed by atoms with Gasteiger partial charge in [-0.05, 0) is 31.8 Å². The van der Waals surface area contributed by atoms with Crippen LogP contribution in [-0.4, -0.2) is 13.1 Å². The van der Waals surface area contributed by atoms with E-state index in [1.807, 2.05) is 13.8 Å². The van der Waals surface area contributed by atoms with Crippen LogP contribution in [0.5, 0.6) is 0 Å². The minimum atomic E-state index is 0.937. The van der Waals surface area contributed by atoms with E-state index in [4.69, 9.17) is 0 Å². The van der Waals surface area contributed by atoms with Gasteiger partial charge in [0.15, 0.2) is 0 Å². The van der Waals surface area contributed by atoms with Crippen LogP contribution in [0, 0.1) is 5.92 Å². The van der Waals surface area contributed by atoms with Crippen LogP contribution in [-0.2, 0) is 0 Å². The van der Waals surface area contributed by atoms with Gasteiger partial charge in [-0.3, -0.25) is 0 Å². The van der Waals surface area contributed by atoms with Crippen LogP contribution in [0.25, 0.3) is 0 Å². The number of rotatable bonds is 0. The lowest BCUT2D eigenvalue weighted by molar-refractivity contribution is 0.429. The fraction of sp³-hybridized carbons (Fsp3) is 1.00. The summed E-state index contributed by atoms with van der Waals surface area (Å²) in [5.41, 5.74) is 0. The summed E-state index contributed by atoms with van der Waals surface area (Å²) in [5, 5.41) is 3.53. The smallest absolute Gasteiger partial charge is 0.00464 e. The largest absolute Gasteiger partial charge is 0.317 e. The maximum absolute atomic E-state index is 3.53. The molecule has 1 fully saturated rings. The highest BCUT2D eigenvalue weighted by atomic mass is 14.8. The highest BCUT2D eigenvalue weighted by molar-refractivity contribution is 4.59. The van der Waals surface area contributed by atoms with Gasteiger partial charge >= 0.3 is 0 Å². The van der Waals surface area contributed by atoms with Crippen molar-refractivity contribution in [3.05, 3.63) is 0 Å². The fourth-order valence-electron chi connectivity index (χ4n) is 2.07. The molecule has 1 heteroatoms. The maximum Gasteiger partial charge on any atom is -0.00464 e. The summed E-state index contributed by atoms with van der Waals surface area (Å²) >= 11 is 0. The first-order valence-corrected chi connectivity index (χ1v) is 7.10. The van der Waals surface area contributed by atoms with E-state index in [-0.39, 0.29) is 0 Å². The number of hydrogen-bond acceptors (Lipinski definition) is 1. The molecule has 1 unspecified atom stereocenters. The summed E-state index contributed by atoms with van der Waals surface area (Å²) in [6.07, 6.45) is 11.5. The Bertz CT molecular complexity index is 99.9. The first-order valence-electron chi connectivity index (χ1n) is 7.10. The highest BCUT2D eigenvalue weighted by Gasteiger charge is 2.02. The zero-order chi connectivity index (χ0) is 11.4. The third-order valence-electron chi connectivity index (χ3n) is 3.11. The number of nitrogens with one attached hydrogen (secondary N) is 1. The Labute approximate surface area is 97.0 Å². The lowest BCUT2D eigenvalue weighted by Crippen LogP contribution is -2.19. The molecular formula is C14H31N. The molecule has 0 amide bonds. The summed E-state index contributed by atoms with van der Waals surface area (Å²) in [7, 11) is 0. The first-order chi connectivity index (χ1) is 7.39. The summed E-state index contributed by atoms with van der Waals surface area (Å²) in [5.74, 6) is 0.937. The molecule has 0 aromatic rings. The van der Waals surface area contributed by atoms with E-state index >= 15 is 0 Å². The van der Waals surface area contributed by atoms with Gasteiger partial charge in [-0.1, -0.05) is 59.3 Å². The van der Waals surface area contributed by atoms with Crippen LogP contribution in [0.2, 0.25) is 0 Å². The van der Waals surface area contributed by atoms with Gasteiger partial charge in [0.2, 0.25) is 0 Å². The lowest BCUT2D eigenvalue weighted by atomic mass is 9.98. The van der Waals surface area contributed by atoms with Crippen molar-refractivity contribution < 1.29 is 0 Å². The predicted molar refractivity (Wildman–Crippen MR) is 70.3 cm³/mol. The van der Waals surface area contributed by atoms with Crippen LogP contribution < -0.4 is 5.32 Å². The van der Waals surface area contributed by atoms with Gasteiger partial charge in [0.1, 0.15) is 0 Å². The normalized spacial score (nSPS) is 25.4. The zero-order valence-corrected chi connectivity index (χ0v) is 11.1. The summed E-state index contributed by atoms with van der Waals surface area (Å²) in [4.78, 5) is 0. The molecule has 1 aliphatic rings. The van der Waals surface area contributed by atoms with Gasteiger partial charge in [-0.15, -0.1) is 0 Å². The van der Waals surface area contributed by atoms with E-state index in [0.29, 0.717) is 0 Å². The van der Waals surface area contributed by atoms with Crippen LogP contribution in [0.3, 0.4) is 0 Å². The highest BCUT2D eigenvalue weighted by Crippen LogP contribution is 2.14. The van der Waals surface area contributed by atoms with Crippen molar-refractivity contribution in [3.8, 4) is 0 Å². The summed E-state index contributed by atoms with van der Waals surface area (Å²) in [6.45, 7) is 8.88. The lowest BCUT2D eigenvalue weighted by Gasteiger charge is -2.13. The molecule has 0 aliphatic carbocycles. The van der Waals surface area contributed by atoms with Crippen molar-refractivity contribution in [2.75, 3.05) is 13.1 Å². The molecule has 1 aliphatic heterocycles. The van der Waals surface area contributed by atoms with Crippen molar-refractivity contribution in [2.45, 2.75) is 72.1 Å². The molecular weight excluding hydrogens is 182 g/mol. The Hall–Kier alpha value is -0.0400. The second-order valence-electron chi connectivity index (χ2n) is 4.55. The molecule has 0 aromatic carbocycles. The van der Waals surface area contributed by atoms with Crippen LogP contribution in [0.15, 0.2) is 0 Å². The van der Waals surface area contributed by atoms with Gasteiger partial charge in [0.05, 0.1) is 0 Å². The molecule has 0 saturated carbocycles. The minimum Gasteiger partial charge on any atom is -0.317 e. The first kappa shape index (κ1) is 15.0. The molecule has 0 spiro atoms. The topological polar surface area (TPSA) is 12.0 Å². The summed E-state index contributed by atoms with van der Waals surface area (Å²) < 4.78 is 0. The third kappa shape index (κ3) is 10.2. The van der Waals surface area contributed by atoms with E-state index in [1.54, 1.807) is 0 Å². The van der Waals surface area contributed by atoms with E-state index in [2.05, 4.69) is 12.2 Å². The van der Waals surface area contributed by atoms with Gasteiger partial charge in [-0.2, -0.15) is 0 Å². The Balaban J connectivity index is 0.000000921. The molecule has 0 radical (unpaired) electrons. The van der Waals surface area contributed by atoms with E-state index < -0.39 is 0 Å². The minimum absolute atomic E-state index is 0.937. The summed E-state index contributed by atoms with van der Waals surface area (Å²) in [6, 6.07) is 0. The Morgan fingerprint density at radius 3 is 2.07 bits per heavy atom. The van der Waals surface area contributed by atoms with E-state index in [0.717, 1.165) is 5.92 Å². The average Bonchev–Trinajstić information content (AvgIpc) is 2.26. The molecule has 0 bridgehead atoms. The molecule has 92 valence electrons. The Morgan fingerprint density at radius 2 is 1.33 bits per heavy atom. The Kier molecular flexibility index (Phi) is 12.0. The molecule has 15 heavy (non-hydrogen) atoms. The van der Waals surface area contributed by atoms with Crippen molar-refractivity contribution in [1.82, 2.24) is 5.32 Å². The third-order valence-corrected chi connectivity index (χ3v) is 3.11. The Morgan fingerprint density at radius 1 is 0.733 bits per heavy atom. The molecule has 1 heterocycles. The number of hydrogen-bond donors (Lipinski definition) is 1. The quantitative estimate of drug-likeness (QED) is 0.630. The second-order valence-corrected chi connectivity index (χ2v) is 4.55. The molecule has 1 nitrogen and oxygen atoms in total. The SMILES string of the molecule is CC.CC1CCCCCCCCNCC1. The predicted octanol–water partition coefficient (Wildman–Crippen LogP) is 4.37. The standard InChI is InChI=1S/C12H25N.C2H6/c1-12-8-6-4-2-3-5-7-10-13-11-9-12;1-2/h12-13H,2-11H2,1H3;1-2H3. The zero-order valence-electron chi connectivity index (χ0n) is 11.1. The van der Waals surface area contributed by atoms with E-state index in [1.165, 1.54) is 64.5 Å². The monoisotopic (exact) mass is 213 g/mol. The van der Waals surface area contributed by atoms with E-state index in [9.17, 15) is 0 Å². The fourth-order valence-corrected chi connectivity index (χ4v) is 2.07. The van der Waals surface area contributed by atoms with Crippen molar-refractivity contribution in [3.63, 3.8) is 0 Å². The van der Waals surface area contributed by atoms with Gasteiger partial charge < -0.3 is 5.32 Å². The van der Waals surface area contributed by atoms with Crippen molar-refractivity contribution in [2.24, 2.45) is 5.92 Å². The van der Waals surface area contributed by atoms with Crippen LogP contribution >= 0.6 is 0 Å². The molecule has 1 atom stereocenters. The van der Waals surface area contributed by atoms with Crippen LogP contribution in [0.1, 0.15) is 72.1 Å². The van der Waals surface area contributed by atoms with Crippen molar-refractivity contribution >= 4 is 0 Å². The van der Waals surface area contributed by atoms with Crippen LogP contribution in [0.4, 0.5) is 0 Å². The molecule has 1 rings (SSSR count). The second kappa shape index (κ2) is 12.0. The average molecular weight is 213 g/mol. The molecule has 1 saturated heterocycles. The van der Waals surface area contributed by atoms with Gasteiger partial charge in [-0.25, -0.2) is 0 Å². The molecule has 1 N–H and O–H groups in total. The van der Waals surface area contributed by atoms with Crippen molar-refractivity contribution in [1.29, 1.82) is 0 Å². The van der Waals surface area contributed by atoms with Gasteiger partial charge in [0, 0.05) is 0 Å². The van der Waals surface area contributed by atoms with Gasteiger partial charge in [0.25, 0.3) is 0 Å². The maximum atomic E-state index is 3.53. The molecule has 0 aromatic heterocycles.